The average molecular weight is 218 g/mol. The Kier molecular flexibility index (Phi) is 3.31. The lowest BCUT2D eigenvalue weighted by atomic mass is 9.84. The molecule has 2 rings (SSSR count). The van der Waals surface area contributed by atoms with E-state index in [4.69, 9.17) is 5.73 Å². The molecular formula is C14H22N2. The molecule has 1 unspecified atom stereocenters. The Labute approximate surface area is 98.4 Å². The van der Waals surface area contributed by atoms with Gasteiger partial charge in [0.2, 0.25) is 0 Å². The van der Waals surface area contributed by atoms with E-state index in [9.17, 15) is 0 Å². The molecule has 1 fully saturated rings. The summed E-state index contributed by atoms with van der Waals surface area (Å²) in [6.07, 6.45) is 1.06. The fraction of sp³-hybridized carbons (Fsp3) is 0.571. The van der Waals surface area contributed by atoms with Crippen molar-refractivity contribution >= 4 is 0 Å². The maximum Gasteiger partial charge on any atom is 0.0307 e. The number of nitrogens with two attached hydrogens (primary N) is 1. The van der Waals surface area contributed by atoms with E-state index in [1.54, 1.807) is 0 Å². The van der Waals surface area contributed by atoms with Crippen LogP contribution in [0.5, 0.6) is 0 Å². The molecule has 1 aromatic carbocycles. The molecule has 1 saturated heterocycles. The molecule has 0 spiro atoms. The smallest absolute Gasteiger partial charge is 0.0307 e. The lowest BCUT2D eigenvalue weighted by Crippen LogP contribution is -2.53. The highest BCUT2D eigenvalue weighted by Crippen LogP contribution is 2.29. The molecule has 1 aliphatic rings. The number of hydrogen-bond donors (Lipinski definition) is 1. The van der Waals surface area contributed by atoms with Gasteiger partial charge in [-0.25, -0.2) is 0 Å². The van der Waals surface area contributed by atoms with Crippen molar-refractivity contribution in [3.63, 3.8) is 0 Å². The Hall–Kier alpha value is -0.860. The summed E-state index contributed by atoms with van der Waals surface area (Å²) in [5.41, 5.74) is 7.94. The molecule has 16 heavy (non-hydrogen) atoms. The summed E-state index contributed by atoms with van der Waals surface area (Å²) in [5.74, 6) is 0. The minimum atomic E-state index is 0.185. The van der Waals surface area contributed by atoms with E-state index in [2.05, 4.69) is 43.0 Å². The molecule has 0 aliphatic carbocycles. The normalized spacial score (nSPS) is 21.4. The third-order valence-electron chi connectivity index (χ3n) is 3.29. The number of likely N-dealkylation sites (tertiary alicyclic amines) is 1. The van der Waals surface area contributed by atoms with Gasteiger partial charge in [-0.15, -0.1) is 0 Å². The summed E-state index contributed by atoms with van der Waals surface area (Å²) < 4.78 is 0. The second kappa shape index (κ2) is 4.56. The van der Waals surface area contributed by atoms with Crippen LogP contribution in [0.1, 0.15) is 31.9 Å². The van der Waals surface area contributed by atoms with E-state index in [1.807, 2.05) is 6.07 Å². The van der Waals surface area contributed by atoms with Gasteiger partial charge in [0.25, 0.3) is 0 Å². The van der Waals surface area contributed by atoms with Gasteiger partial charge in [0.15, 0.2) is 0 Å². The summed E-state index contributed by atoms with van der Waals surface area (Å²) in [5, 5.41) is 0. The zero-order chi connectivity index (χ0) is 11.6. The van der Waals surface area contributed by atoms with Gasteiger partial charge in [0.1, 0.15) is 0 Å². The van der Waals surface area contributed by atoms with Gasteiger partial charge in [-0.1, -0.05) is 44.2 Å². The molecule has 0 amide bonds. The second-order valence-electron chi connectivity index (χ2n) is 5.68. The van der Waals surface area contributed by atoms with Gasteiger partial charge in [-0.05, 0) is 23.9 Å². The van der Waals surface area contributed by atoms with E-state index < -0.39 is 0 Å². The van der Waals surface area contributed by atoms with Crippen molar-refractivity contribution in [1.82, 2.24) is 4.90 Å². The zero-order valence-electron chi connectivity index (χ0n) is 10.3. The van der Waals surface area contributed by atoms with Gasteiger partial charge in [0.05, 0.1) is 0 Å². The van der Waals surface area contributed by atoms with Crippen molar-refractivity contribution in [1.29, 1.82) is 0 Å². The molecule has 2 N–H and O–H groups in total. The Morgan fingerprint density at radius 1 is 1.25 bits per heavy atom. The van der Waals surface area contributed by atoms with Crippen molar-refractivity contribution < 1.29 is 0 Å². The fourth-order valence-electron chi connectivity index (χ4n) is 2.51. The number of rotatable bonds is 4. The molecule has 1 aliphatic heterocycles. The van der Waals surface area contributed by atoms with Gasteiger partial charge in [-0.3, -0.25) is 0 Å². The first-order valence-electron chi connectivity index (χ1n) is 6.10. The lowest BCUT2D eigenvalue weighted by molar-refractivity contribution is 0.0290. The highest BCUT2D eigenvalue weighted by Gasteiger charge is 2.33. The number of benzene rings is 1. The molecule has 1 heterocycles. The molecule has 2 nitrogen and oxygen atoms in total. The van der Waals surface area contributed by atoms with Gasteiger partial charge in [-0.2, -0.15) is 0 Å². The monoisotopic (exact) mass is 218 g/mol. The zero-order valence-corrected chi connectivity index (χ0v) is 10.3. The predicted octanol–water partition coefficient (Wildman–Crippen LogP) is 2.42. The quantitative estimate of drug-likeness (QED) is 0.841. The molecule has 0 radical (unpaired) electrons. The Morgan fingerprint density at radius 3 is 2.44 bits per heavy atom. The molecule has 2 heteroatoms. The Morgan fingerprint density at radius 2 is 1.88 bits per heavy atom. The number of hydrogen-bond acceptors (Lipinski definition) is 2. The second-order valence-corrected chi connectivity index (χ2v) is 5.68. The van der Waals surface area contributed by atoms with Crippen LogP contribution in [-0.4, -0.2) is 24.5 Å². The summed E-state index contributed by atoms with van der Waals surface area (Å²) in [6, 6.07) is 10.6. The van der Waals surface area contributed by atoms with E-state index in [1.165, 1.54) is 18.7 Å². The standard InChI is InChI=1S/C14H22N2/c1-14(2)10-16(11-14)9-8-13(15)12-6-4-3-5-7-12/h3-7,13H,8-11,15H2,1-2H3. The average Bonchev–Trinajstić information content (AvgIpc) is 2.24. The molecular weight excluding hydrogens is 196 g/mol. The van der Waals surface area contributed by atoms with Crippen LogP contribution in [0.25, 0.3) is 0 Å². The molecule has 1 aromatic rings. The number of nitrogens with zero attached hydrogens (tertiary/aromatic N) is 1. The first-order chi connectivity index (χ1) is 7.57. The predicted molar refractivity (Wildman–Crippen MR) is 68.2 cm³/mol. The van der Waals surface area contributed by atoms with Crippen molar-refractivity contribution in [2.45, 2.75) is 26.3 Å². The van der Waals surface area contributed by atoms with Crippen molar-refractivity contribution in [2.24, 2.45) is 11.1 Å². The van der Waals surface area contributed by atoms with E-state index in [0.717, 1.165) is 13.0 Å². The SMILES string of the molecule is CC1(C)CN(CCC(N)c2ccccc2)C1. The van der Waals surface area contributed by atoms with Crippen LogP contribution in [0.2, 0.25) is 0 Å². The Balaban J connectivity index is 1.75. The fourth-order valence-corrected chi connectivity index (χ4v) is 2.51. The van der Waals surface area contributed by atoms with Crippen LogP contribution < -0.4 is 5.73 Å². The lowest BCUT2D eigenvalue weighted by Gasteiger charge is -2.46. The van der Waals surface area contributed by atoms with Crippen molar-refractivity contribution in [2.75, 3.05) is 19.6 Å². The van der Waals surface area contributed by atoms with E-state index in [0.29, 0.717) is 5.41 Å². The summed E-state index contributed by atoms with van der Waals surface area (Å²) >= 11 is 0. The van der Waals surface area contributed by atoms with Gasteiger partial charge >= 0.3 is 0 Å². The van der Waals surface area contributed by atoms with Crippen LogP contribution in [-0.2, 0) is 0 Å². The van der Waals surface area contributed by atoms with Gasteiger partial charge in [0, 0.05) is 19.1 Å². The van der Waals surface area contributed by atoms with Crippen LogP contribution in [0.15, 0.2) is 30.3 Å². The van der Waals surface area contributed by atoms with Crippen molar-refractivity contribution in [3.05, 3.63) is 35.9 Å². The minimum absolute atomic E-state index is 0.185. The molecule has 0 bridgehead atoms. The molecule has 0 aromatic heterocycles. The minimum Gasteiger partial charge on any atom is -0.324 e. The molecule has 1 atom stereocenters. The Bertz CT molecular complexity index is 324. The molecule has 0 saturated carbocycles. The van der Waals surface area contributed by atoms with Crippen molar-refractivity contribution in [3.8, 4) is 0 Å². The summed E-state index contributed by atoms with van der Waals surface area (Å²) in [6.45, 7) is 8.20. The highest BCUT2D eigenvalue weighted by molar-refractivity contribution is 5.18. The highest BCUT2D eigenvalue weighted by atomic mass is 15.2. The van der Waals surface area contributed by atoms with Crippen LogP contribution in [0.3, 0.4) is 0 Å². The largest absolute Gasteiger partial charge is 0.324 e. The summed E-state index contributed by atoms with van der Waals surface area (Å²) in [7, 11) is 0. The van der Waals surface area contributed by atoms with Gasteiger partial charge < -0.3 is 10.6 Å². The van der Waals surface area contributed by atoms with Crippen LogP contribution in [0.4, 0.5) is 0 Å². The maximum absolute atomic E-state index is 6.16. The van der Waals surface area contributed by atoms with Crippen LogP contribution in [0, 0.1) is 5.41 Å². The first kappa shape index (κ1) is 11.6. The van der Waals surface area contributed by atoms with E-state index >= 15 is 0 Å². The van der Waals surface area contributed by atoms with Crippen LogP contribution >= 0.6 is 0 Å². The summed E-state index contributed by atoms with van der Waals surface area (Å²) in [4.78, 5) is 2.49. The van der Waals surface area contributed by atoms with E-state index in [-0.39, 0.29) is 6.04 Å². The third-order valence-corrected chi connectivity index (χ3v) is 3.29. The maximum atomic E-state index is 6.16. The molecule has 88 valence electrons. The topological polar surface area (TPSA) is 29.3 Å². The first-order valence-corrected chi connectivity index (χ1v) is 6.10. The third kappa shape index (κ3) is 2.83.